The van der Waals surface area contributed by atoms with Crippen LogP contribution in [0.5, 0.6) is 0 Å². The Kier molecular flexibility index (Phi) is 4.02. The Labute approximate surface area is 108 Å². The molecule has 0 amide bonds. The van der Waals surface area contributed by atoms with E-state index in [1.807, 2.05) is 4.68 Å². The molecule has 1 heterocycles. The Morgan fingerprint density at radius 1 is 1.56 bits per heavy atom. The normalized spacial score (nSPS) is 19.2. The standard InChI is InChI=1S/C13H23N3O2/c1-10(2)7-16-12(14-9-15-16)6-13(17,8-18-3)11-4-5-11/h9-11,17H,4-8H2,1-3H3. The van der Waals surface area contributed by atoms with Gasteiger partial charge in [-0.05, 0) is 24.7 Å². The van der Waals surface area contributed by atoms with Crippen molar-refractivity contribution in [1.82, 2.24) is 14.8 Å². The molecule has 1 saturated carbocycles. The third-order valence-corrected chi connectivity index (χ3v) is 3.43. The summed E-state index contributed by atoms with van der Waals surface area (Å²) in [6.07, 6.45) is 4.26. The minimum absolute atomic E-state index is 0.349. The molecular weight excluding hydrogens is 230 g/mol. The smallest absolute Gasteiger partial charge is 0.138 e. The van der Waals surface area contributed by atoms with Gasteiger partial charge in [0, 0.05) is 20.1 Å². The summed E-state index contributed by atoms with van der Waals surface area (Å²) in [5.41, 5.74) is -0.781. The second-order valence-electron chi connectivity index (χ2n) is 5.74. The molecule has 102 valence electrons. The molecule has 1 fully saturated rings. The Balaban J connectivity index is 2.09. The number of aromatic nitrogens is 3. The van der Waals surface area contributed by atoms with Gasteiger partial charge in [-0.1, -0.05) is 13.8 Å². The number of methoxy groups -OCH3 is 1. The molecule has 1 aliphatic rings. The van der Waals surface area contributed by atoms with Crippen LogP contribution in [0.2, 0.25) is 0 Å². The van der Waals surface area contributed by atoms with Crippen LogP contribution in [0.25, 0.3) is 0 Å². The first kappa shape index (κ1) is 13.5. The molecule has 5 nitrogen and oxygen atoms in total. The molecule has 1 aromatic heterocycles. The highest BCUT2D eigenvalue weighted by atomic mass is 16.5. The van der Waals surface area contributed by atoms with Crippen LogP contribution in [-0.2, 0) is 17.7 Å². The zero-order valence-electron chi connectivity index (χ0n) is 11.5. The van der Waals surface area contributed by atoms with Gasteiger partial charge in [0.05, 0.1) is 12.2 Å². The van der Waals surface area contributed by atoms with Crippen molar-refractivity contribution in [1.29, 1.82) is 0 Å². The van der Waals surface area contributed by atoms with Crippen molar-refractivity contribution in [2.24, 2.45) is 11.8 Å². The molecular formula is C13H23N3O2. The van der Waals surface area contributed by atoms with E-state index in [4.69, 9.17) is 4.74 Å². The van der Waals surface area contributed by atoms with E-state index in [0.717, 1.165) is 25.2 Å². The van der Waals surface area contributed by atoms with E-state index in [1.165, 1.54) is 0 Å². The summed E-state index contributed by atoms with van der Waals surface area (Å²) in [5.74, 6) is 1.72. The van der Waals surface area contributed by atoms with Gasteiger partial charge in [-0.15, -0.1) is 0 Å². The number of aliphatic hydroxyl groups is 1. The molecule has 1 atom stereocenters. The predicted molar refractivity (Wildman–Crippen MR) is 68.1 cm³/mol. The van der Waals surface area contributed by atoms with Gasteiger partial charge in [-0.2, -0.15) is 5.10 Å². The van der Waals surface area contributed by atoms with Crippen LogP contribution in [0, 0.1) is 11.8 Å². The summed E-state index contributed by atoms with van der Waals surface area (Å²) in [4.78, 5) is 4.28. The lowest BCUT2D eigenvalue weighted by atomic mass is 9.94. The fraction of sp³-hybridized carbons (Fsp3) is 0.846. The Bertz CT molecular complexity index is 387. The first-order valence-corrected chi connectivity index (χ1v) is 6.63. The SMILES string of the molecule is COCC(O)(Cc1ncnn1CC(C)C)C1CC1. The molecule has 1 N–H and O–H groups in total. The second-order valence-corrected chi connectivity index (χ2v) is 5.74. The number of rotatable bonds is 7. The van der Waals surface area contributed by atoms with E-state index in [1.54, 1.807) is 13.4 Å². The molecule has 0 aliphatic heterocycles. The third-order valence-electron chi connectivity index (χ3n) is 3.43. The van der Waals surface area contributed by atoms with Crippen LogP contribution in [0.15, 0.2) is 6.33 Å². The molecule has 18 heavy (non-hydrogen) atoms. The minimum Gasteiger partial charge on any atom is -0.387 e. The lowest BCUT2D eigenvalue weighted by Gasteiger charge is -2.27. The van der Waals surface area contributed by atoms with Gasteiger partial charge in [0.1, 0.15) is 12.2 Å². The summed E-state index contributed by atoms with van der Waals surface area (Å²) in [6.45, 7) is 5.50. The Hall–Kier alpha value is -0.940. The lowest BCUT2D eigenvalue weighted by Crippen LogP contribution is -2.40. The van der Waals surface area contributed by atoms with Gasteiger partial charge < -0.3 is 9.84 Å². The number of hydrogen-bond donors (Lipinski definition) is 1. The Morgan fingerprint density at radius 3 is 2.83 bits per heavy atom. The average Bonchev–Trinajstić information content (AvgIpc) is 3.05. The summed E-state index contributed by atoms with van der Waals surface area (Å²) in [7, 11) is 1.63. The van der Waals surface area contributed by atoms with Gasteiger partial charge in [-0.3, -0.25) is 0 Å². The van der Waals surface area contributed by atoms with E-state index in [-0.39, 0.29) is 0 Å². The molecule has 1 aromatic rings. The van der Waals surface area contributed by atoms with Crippen molar-refractivity contribution in [3.05, 3.63) is 12.2 Å². The first-order valence-electron chi connectivity index (χ1n) is 6.63. The summed E-state index contributed by atoms with van der Waals surface area (Å²) < 4.78 is 7.07. The monoisotopic (exact) mass is 253 g/mol. The van der Waals surface area contributed by atoms with E-state index in [2.05, 4.69) is 23.9 Å². The van der Waals surface area contributed by atoms with Gasteiger partial charge in [-0.25, -0.2) is 9.67 Å². The summed E-state index contributed by atoms with van der Waals surface area (Å²) in [5, 5.41) is 14.9. The highest BCUT2D eigenvalue weighted by Crippen LogP contribution is 2.41. The van der Waals surface area contributed by atoms with E-state index in [0.29, 0.717) is 24.9 Å². The maximum Gasteiger partial charge on any atom is 0.138 e. The van der Waals surface area contributed by atoms with Crippen LogP contribution in [0.4, 0.5) is 0 Å². The highest BCUT2D eigenvalue weighted by molar-refractivity contribution is 5.02. The largest absolute Gasteiger partial charge is 0.387 e. The first-order chi connectivity index (χ1) is 8.55. The van der Waals surface area contributed by atoms with Crippen LogP contribution < -0.4 is 0 Å². The minimum atomic E-state index is -0.781. The molecule has 0 spiro atoms. The molecule has 2 rings (SSSR count). The topological polar surface area (TPSA) is 60.2 Å². The van der Waals surface area contributed by atoms with Crippen molar-refractivity contribution >= 4 is 0 Å². The van der Waals surface area contributed by atoms with Crippen LogP contribution in [0.3, 0.4) is 0 Å². The molecule has 0 radical (unpaired) electrons. The maximum absolute atomic E-state index is 10.7. The number of ether oxygens (including phenoxy) is 1. The van der Waals surface area contributed by atoms with Gasteiger partial charge in [0.2, 0.25) is 0 Å². The van der Waals surface area contributed by atoms with Crippen LogP contribution >= 0.6 is 0 Å². The zero-order chi connectivity index (χ0) is 13.2. The molecule has 1 aliphatic carbocycles. The van der Waals surface area contributed by atoms with E-state index < -0.39 is 5.60 Å². The molecule has 1 unspecified atom stereocenters. The van der Waals surface area contributed by atoms with Gasteiger partial charge in [0.15, 0.2) is 0 Å². The van der Waals surface area contributed by atoms with Gasteiger partial charge >= 0.3 is 0 Å². The highest BCUT2D eigenvalue weighted by Gasteiger charge is 2.44. The van der Waals surface area contributed by atoms with Crippen molar-refractivity contribution in [2.45, 2.75) is 45.3 Å². The third kappa shape index (κ3) is 3.09. The van der Waals surface area contributed by atoms with Crippen molar-refractivity contribution in [3.63, 3.8) is 0 Å². The summed E-state index contributed by atoms with van der Waals surface area (Å²) in [6, 6.07) is 0. The zero-order valence-corrected chi connectivity index (χ0v) is 11.5. The predicted octanol–water partition coefficient (Wildman–Crippen LogP) is 1.26. The number of hydrogen-bond acceptors (Lipinski definition) is 4. The van der Waals surface area contributed by atoms with Crippen molar-refractivity contribution in [3.8, 4) is 0 Å². The fourth-order valence-electron chi connectivity index (χ4n) is 2.38. The van der Waals surface area contributed by atoms with Crippen LogP contribution in [-0.4, -0.2) is 39.2 Å². The molecule has 0 aromatic carbocycles. The lowest BCUT2D eigenvalue weighted by molar-refractivity contribution is -0.0494. The quantitative estimate of drug-likeness (QED) is 0.795. The van der Waals surface area contributed by atoms with E-state index in [9.17, 15) is 5.11 Å². The Morgan fingerprint density at radius 2 is 2.28 bits per heavy atom. The molecule has 0 saturated heterocycles. The summed E-state index contributed by atoms with van der Waals surface area (Å²) >= 11 is 0. The van der Waals surface area contributed by atoms with Crippen LogP contribution in [0.1, 0.15) is 32.5 Å². The maximum atomic E-state index is 10.7. The van der Waals surface area contributed by atoms with Crippen molar-refractivity contribution < 1.29 is 9.84 Å². The second kappa shape index (κ2) is 5.36. The molecule has 5 heteroatoms. The van der Waals surface area contributed by atoms with Crippen molar-refractivity contribution in [2.75, 3.05) is 13.7 Å². The molecule has 0 bridgehead atoms. The van der Waals surface area contributed by atoms with Gasteiger partial charge in [0.25, 0.3) is 0 Å². The number of nitrogens with zero attached hydrogens (tertiary/aromatic N) is 3. The average molecular weight is 253 g/mol. The fourth-order valence-corrected chi connectivity index (χ4v) is 2.38. The van der Waals surface area contributed by atoms with E-state index >= 15 is 0 Å².